The van der Waals surface area contributed by atoms with Gasteiger partial charge in [-0.25, -0.2) is 4.98 Å². The lowest BCUT2D eigenvalue weighted by atomic mass is 10.2. The quantitative estimate of drug-likeness (QED) is 0.614. The van der Waals surface area contributed by atoms with Crippen molar-refractivity contribution < 1.29 is 4.39 Å². The Morgan fingerprint density at radius 3 is 3.00 bits per heavy atom. The van der Waals surface area contributed by atoms with Gasteiger partial charge in [0.1, 0.15) is 0 Å². The fourth-order valence-electron chi connectivity index (χ4n) is 0.760. The molecule has 11 heavy (non-hydrogen) atoms. The van der Waals surface area contributed by atoms with E-state index in [0.29, 0.717) is 17.7 Å². The maximum absolute atomic E-state index is 12.8. The van der Waals surface area contributed by atoms with E-state index in [0.717, 1.165) is 4.47 Å². The zero-order valence-electron chi connectivity index (χ0n) is 5.72. The van der Waals surface area contributed by atoms with Crippen molar-refractivity contribution in [2.75, 3.05) is 5.75 Å². The number of nitrogens with zero attached hydrogens (tertiary/aromatic N) is 1. The van der Waals surface area contributed by atoms with Gasteiger partial charge in [0.15, 0.2) is 0 Å². The van der Waals surface area contributed by atoms with Crippen molar-refractivity contribution in [2.45, 2.75) is 6.42 Å². The van der Waals surface area contributed by atoms with E-state index in [-0.39, 0.29) is 0 Å². The standard InChI is InChI=1S/C7H7BrFNS/c8-6-3-5(1-2-11)7(9)10-4-6/h3-4,11H,1-2H2. The lowest BCUT2D eigenvalue weighted by Crippen LogP contribution is -1.94. The normalized spacial score (nSPS) is 10.1. The first-order valence-electron chi connectivity index (χ1n) is 3.15. The Hall–Kier alpha value is -0.0900. The first-order valence-corrected chi connectivity index (χ1v) is 4.57. The van der Waals surface area contributed by atoms with Crippen LogP contribution < -0.4 is 0 Å². The van der Waals surface area contributed by atoms with Crippen LogP contribution in [0.5, 0.6) is 0 Å². The Morgan fingerprint density at radius 1 is 1.64 bits per heavy atom. The van der Waals surface area contributed by atoms with Crippen LogP contribution in [0.2, 0.25) is 0 Å². The summed E-state index contributed by atoms with van der Waals surface area (Å²) in [6, 6.07) is 1.72. The minimum Gasteiger partial charge on any atom is -0.227 e. The van der Waals surface area contributed by atoms with Crippen LogP contribution in [0.3, 0.4) is 0 Å². The van der Waals surface area contributed by atoms with Crippen molar-refractivity contribution in [1.82, 2.24) is 4.98 Å². The van der Waals surface area contributed by atoms with Gasteiger partial charge in [0.05, 0.1) is 0 Å². The summed E-state index contributed by atoms with van der Waals surface area (Å²) in [6.45, 7) is 0. The van der Waals surface area contributed by atoms with Gasteiger partial charge < -0.3 is 0 Å². The average Bonchev–Trinajstić information content (AvgIpc) is 1.98. The van der Waals surface area contributed by atoms with Crippen molar-refractivity contribution in [3.63, 3.8) is 0 Å². The van der Waals surface area contributed by atoms with Gasteiger partial charge in [0.2, 0.25) is 5.95 Å². The van der Waals surface area contributed by atoms with Crippen molar-refractivity contribution in [3.05, 3.63) is 28.2 Å². The monoisotopic (exact) mass is 235 g/mol. The maximum atomic E-state index is 12.8. The first-order chi connectivity index (χ1) is 5.24. The summed E-state index contributed by atoms with van der Waals surface area (Å²) in [5.74, 6) is 0.233. The van der Waals surface area contributed by atoms with Crippen LogP contribution in [0.1, 0.15) is 5.56 Å². The SMILES string of the molecule is Fc1ncc(Br)cc1CCS. The van der Waals surface area contributed by atoms with E-state index in [4.69, 9.17) is 0 Å². The Morgan fingerprint density at radius 2 is 2.36 bits per heavy atom. The van der Waals surface area contributed by atoms with E-state index in [2.05, 4.69) is 33.5 Å². The molecule has 1 rings (SSSR count). The molecule has 0 radical (unpaired) electrons. The van der Waals surface area contributed by atoms with Gasteiger partial charge in [-0.3, -0.25) is 0 Å². The number of pyridine rings is 1. The highest BCUT2D eigenvalue weighted by molar-refractivity contribution is 9.10. The summed E-state index contributed by atoms with van der Waals surface area (Å²) < 4.78 is 13.6. The Labute approximate surface area is 78.6 Å². The molecule has 0 aliphatic heterocycles. The van der Waals surface area contributed by atoms with Gasteiger partial charge in [-0.2, -0.15) is 17.0 Å². The minimum absolute atomic E-state index is 0.401. The van der Waals surface area contributed by atoms with Crippen LogP contribution >= 0.6 is 28.6 Å². The molecule has 1 aromatic heterocycles. The van der Waals surface area contributed by atoms with E-state index in [1.807, 2.05) is 0 Å². The largest absolute Gasteiger partial charge is 0.227 e. The number of thiol groups is 1. The molecule has 4 heteroatoms. The highest BCUT2D eigenvalue weighted by Gasteiger charge is 2.01. The molecule has 1 heterocycles. The number of aromatic nitrogens is 1. The van der Waals surface area contributed by atoms with Gasteiger partial charge in [-0.05, 0) is 34.2 Å². The third-order valence-electron chi connectivity index (χ3n) is 1.26. The lowest BCUT2D eigenvalue weighted by Gasteiger charge is -1.99. The van der Waals surface area contributed by atoms with Gasteiger partial charge in [-0.15, -0.1) is 0 Å². The molecule has 0 fully saturated rings. The predicted molar refractivity (Wildman–Crippen MR) is 49.5 cm³/mol. The molecule has 0 atom stereocenters. The van der Waals surface area contributed by atoms with Crippen molar-refractivity contribution >= 4 is 28.6 Å². The molecule has 1 nitrogen and oxygen atoms in total. The van der Waals surface area contributed by atoms with Crippen LogP contribution in [0.15, 0.2) is 16.7 Å². The summed E-state index contributed by atoms with van der Waals surface area (Å²) in [7, 11) is 0. The fourth-order valence-corrected chi connectivity index (χ4v) is 1.38. The summed E-state index contributed by atoms with van der Waals surface area (Å²) in [5.41, 5.74) is 0.606. The number of halogens is 2. The van der Waals surface area contributed by atoms with Crippen molar-refractivity contribution in [1.29, 1.82) is 0 Å². The van der Waals surface area contributed by atoms with E-state index >= 15 is 0 Å². The van der Waals surface area contributed by atoms with Crippen LogP contribution in [-0.4, -0.2) is 10.7 Å². The average molecular weight is 236 g/mol. The van der Waals surface area contributed by atoms with E-state index in [9.17, 15) is 4.39 Å². The third-order valence-corrected chi connectivity index (χ3v) is 1.92. The summed E-state index contributed by atoms with van der Waals surface area (Å²) in [6.07, 6.45) is 2.05. The molecule has 0 amide bonds. The number of rotatable bonds is 2. The lowest BCUT2D eigenvalue weighted by molar-refractivity contribution is 0.568. The Kier molecular flexibility index (Phi) is 3.33. The molecule has 60 valence electrons. The smallest absolute Gasteiger partial charge is 0.216 e. The van der Waals surface area contributed by atoms with Crippen LogP contribution in [0.25, 0.3) is 0 Å². The second-order valence-electron chi connectivity index (χ2n) is 2.08. The Bertz CT molecular complexity index is 254. The molecule has 0 unspecified atom stereocenters. The number of aryl methyl sites for hydroxylation is 1. The summed E-state index contributed by atoms with van der Waals surface area (Å²) in [4.78, 5) is 3.55. The van der Waals surface area contributed by atoms with Gasteiger partial charge in [0.25, 0.3) is 0 Å². The second-order valence-corrected chi connectivity index (χ2v) is 3.44. The number of hydrogen-bond acceptors (Lipinski definition) is 2. The van der Waals surface area contributed by atoms with Crippen molar-refractivity contribution in [2.24, 2.45) is 0 Å². The second kappa shape index (κ2) is 4.07. The fraction of sp³-hybridized carbons (Fsp3) is 0.286. The van der Waals surface area contributed by atoms with Crippen LogP contribution in [0.4, 0.5) is 4.39 Å². The van der Waals surface area contributed by atoms with E-state index in [1.165, 1.54) is 6.20 Å². The molecule has 0 saturated heterocycles. The molecular weight excluding hydrogens is 229 g/mol. The molecule has 0 spiro atoms. The molecule has 0 aromatic carbocycles. The highest BCUT2D eigenvalue weighted by Crippen LogP contribution is 2.13. The van der Waals surface area contributed by atoms with E-state index in [1.54, 1.807) is 6.07 Å². The van der Waals surface area contributed by atoms with Gasteiger partial charge in [0, 0.05) is 16.2 Å². The van der Waals surface area contributed by atoms with Crippen LogP contribution in [-0.2, 0) is 6.42 Å². The zero-order valence-corrected chi connectivity index (χ0v) is 8.20. The molecular formula is C7H7BrFNS. The zero-order chi connectivity index (χ0) is 8.27. The highest BCUT2D eigenvalue weighted by atomic mass is 79.9. The topological polar surface area (TPSA) is 12.9 Å². The molecule has 0 N–H and O–H groups in total. The Balaban J connectivity index is 2.93. The summed E-state index contributed by atoms with van der Waals surface area (Å²) >= 11 is 7.22. The minimum atomic E-state index is -0.401. The van der Waals surface area contributed by atoms with Crippen molar-refractivity contribution in [3.8, 4) is 0 Å². The molecule has 0 aliphatic carbocycles. The molecule has 0 aliphatic rings. The van der Waals surface area contributed by atoms with Gasteiger partial charge >= 0.3 is 0 Å². The molecule has 1 aromatic rings. The number of hydrogen-bond donors (Lipinski definition) is 1. The van der Waals surface area contributed by atoms with Crippen LogP contribution in [0, 0.1) is 5.95 Å². The first kappa shape index (κ1) is 9.00. The third kappa shape index (κ3) is 2.45. The predicted octanol–water partition coefficient (Wildman–Crippen LogP) is 2.46. The molecule has 0 bridgehead atoms. The molecule has 0 saturated carbocycles. The maximum Gasteiger partial charge on any atom is 0.216 e. The summed E-state index contributed by atoms with van der Waals surface area (Å²) in [5, 5.41) is 0. The van der Waals surface area contributed by atoms with Gasteiger partial charge in [-0.1, -0.05) is 0 Å². The van der Waals surface area contributed by atoms with E-state index < -0.39 is 5.95 Å².